The third-order valence-corrected chi connectivity index (χ3v) is 21.3. The van der Waals surface area contributed by atoms with Gasteiger partial charge in [-0.25, -0.2) is 39.0 Å². The molecule has 4 aromatic heterocycles. The van der Waals surface area contributed by atoms with Gasteiger partial charge in [0.05, 0.1) is 52.8 Å². The SMILES string of the molecule is C=CCOC(=O)Nc1ncnc2c1ncn2[C@H]1C[C@H](O[Si](C)(C)C(C)(C)C)[C@@H](COP(=O)(OCC=C)O[C@H]2C[C@H](n3cnc4c(=O)[nH]c(N(CC=C)C(=O)OCC=C)nc43)O[C@@H]2COC(c2ccccc2)(c2ccc(OC)cc2)c2ccc(OC)cc2)O1. The molecule has 0 radical (unpaired) electrons. The lowest BCUT2D eigenvalue weighted by molar-refractivity contribution is -0.0945. The van der Waals surface area contributed by atoms with Crippen molar-refractivity contribution in [1.82, 2.24) is 39.0 Å². The Kier molecular flexibility index (Phi) is 20.4. The number of H-pyrrole nitrogens is 1. The molecule has 0 bridgehead atoms. The van der Waals surface area contributed by atoms with Gasteiger partial charge in [0.15, 0.2) is 36.5 Å². The molecule has 9 rings (SSSR count). The average molecular weight is 1250 g/mol. The van der Waals surface area contributed by atoms with E-state index in [0.717, 1.165) is 10.5 Å². The second kappa shape index (κ2) is 27.9. The number of aromatic amines is 1. The monoisotopic (exact) mass is 1240 g/mol. The number of methoxy groups -OCH3 is 2. The van der Waals surface area contributed by atoms with Crippen molar-refractivity contribution in [2.24, 2.45) is 0 Å². The van der Waals surface area contributed by atoms with E-state index in [0.29, 0.717) is 28.3 Å². The van der Waals surface area contributed by atoms with Crippen molar-refractivity contribution in [2.75, 3.05) is 64.0 Å². The molecule has 2 aliphatic rings. The second-order valence-corrected chi connectivity index (χ2v) is 28.3. The molecular formula is C61H73N10O15PSi. The van der Waals surface area contributed by atoms with Gasteiger partial charge < -0.3 is 37.6 Å². The zero-order valence-corrected chi connectivity index (χ0v) is 52.0. The molecule has 466 valence electrons. The molecule has 6 heterocycles. The first-order valence-corrected chi connectivity index (χ1v) is 32.7. The van der Waals surface area contributed by atoms with Gasteiger partial charge in [-0.2, -0.15) is 4.98 Å². The van der Waals surface area contributed by atoms with Crippen molar-refractivity contribution in [3.8, 4) is 11.5 Å². The quantitative estimate of drug-likeness (QED) is 0.0200. The number of phosphoric ester groups is 1. The van der Waals surface area contributed by atoms with Crippen molar-refractivity contribution < 1.29 is 65.3 Å². The number of rotatable bonds is 28. The molecule has 0 aliphatic carbocycles. The van der Waals surface area contributed by atoms with Crippen LogP contribution in [0.4, 0.5) is 21.4 Å². The van der Waals surface area contributed by atoms with Crippen LogP contribution in [0.2, 0.25) is 18.1 Å². The summed E-state index contributed by atoms with van der Waals surface area (Å²) in [6, 6.07) is 24.6. The van der Waals surface area contributed by atoms with Gasteiger partial charge >= 0.3 is 20.0 Å². The minimum Gasteiger partial charge on any atom is -0.497 e. The Morgan fingerprint density at radius 3 is 1.92 bits per heavy atom. The van der Waals surface area contributed by atoms with Crippen LogP contribution in [-0.4, -0.2) is 138 Å². The first-order valence-electron chi connectivity index (χ1n) is 28.3. The molecule has 1 unspecified atom stereocenters. The summed E-state index contributed by atoms with van der Waals surface area (Å²) in [7, 11) is -4.11. The molecule has 0 saturated carbocycles. The smallest absolute Gasteiger partial charge is 0.475 e. The summed E-state index contributed by atoms with van der Waals surface area (Å²) >= 11 is 0. The number of phosphoric acid groups is 1. The van der Waals surface area contributed by atoms with Crippen LogP contribution in [0.15, 0.2) is 153 Å². The molecule has 88 heavy (non-hydrogen) atoms. The molecule has 2 amide bonds. The van der Waals surface area contributed by atoms with E-state index in [1.165, 1.54) is 47.9 Å². The Labute approximate surface area is 510 Å². The lowest BCUT2D eigenvalue weighted by atomic mass is 9.80. The number of aromatic nitrogens is 8. The summed E-state index contributed by atoms with van der Waals surface area (Å²) in [6.07, 6.45) is 2.94. The fourth-order valence-corrected chi connectivity index (χ4v) is 12.7. The molecule has 0 spiro atoms. The van der Waals surface area contributed by atoms with Gasteiger partial charge in [-0.1, -0.05) is 113 Å². The summed E-state index contributed by atoms with van der Waals surface area (Å²) in [5, 5.41) is 2.37. The number of carbonyl (C=O) groups is 2. The van der Waals surface area contributed by atoms with Gasteiger partial charge in [-0.05, 0) is 59.1 Å². The largest absolute Gasteiger partial charge is 0.497 e. The summed E-state index contributed by atoms with van der Waals surface area (Å²) in [5.41, 5.74) is 0.727. The molecule has 7 atom stereocenters. The lowest BCUT2D eigenvalue weighted by Crippen LogP contribution is -2.46. The van der Waals surface area contributed by atoms with Gasteiger partial charge in [0.25, 0.3) is 5.56 Å². The van der Waals surface area contributed by atoms with Crippen LogP contribution in [0.3, 0.4) is 0 Å². The maximum atomic E-state index is 15.7. The van der Waals surface area contributed by atoms with Crippen LogP contribution in [0.5, 0.6) is 11.5 Å². The van der Waals surface area contributed by atoms with E-state index in [1.807, 2.05) is 78.9 Å². The zero-order valence-electron chi connectivity index (χ0n) is 50.1. The van der Waals surface area contributed by atoms with Gasteiger partial charge in [0.1, 0.15) is 67.4 Å². The molecule has 2 aliphatic heterocycles. The van der Waals surface area contributed by atoms with Crippen molar-refractivity contribution >= 4 is 62.4 Å². The summed E-state index contributed by atoms with van der Waals surface area (Å²) < 4.78 is 87.9. The second-order valence-electron chi connectivity index (χ2n) is 22.0. The topological polar surface area (TPSA) is 275 Å². The number of imidazole rings is 2. The van der Waals surface area contributed by atoms with Gasteiger partial charge in [0, 0.05) is 19.4 Å². The molecule has 7 aromatic rings. The van der Waals surface area contributed by atoms with Crippen LogP contribution in [0, 0.1) is 0 Å². The molecule has 2 fully saturated rings. The standard InChI is InChI=1S/C61H73N10O15PSi/c1-12-29-69(59(74)79-31-14-3)57-67-55-52(56(72)68-57)65-39-71(55)49-33-45(47(83-49)35-80-61(40-19-17-16-18-20-40,41-21-25-43(76-8)26-22-41)42-23-27-44(77-9)28-24-42)85-87(75,81-32-15-4)82-36-48-46(86-88(10,11)60(5,6)7)34-50(84-48)70-38-64-51-53(62-37-63-54(51)70)66-58(73)78-30-13-2/h12-28,37-39,45-50H,1-4,29-36H2,5-11H3,(H,67,68,72)(H,62,63,66,73)/t45-,46-,47+,48+,49+,50+,87?/m0/s1. The van der Waals surface area contributed by atoms with Crippen molar-refractivity contribution in [1.29, 1.82) is 0 Å². The molecule has 2 saturated heterocycles. The lowest BCUT2D eigenvalue weighted by Gasteiger charge is -2.39. The maximum Gasteiger partial charge on any atom is 0.475 e. The molecule has 2 N–H and O–H groups in total. The number of hydrogen-bond acceptors (Lipinski definition) is 20. The van der Waals surface area contributed by atoms with E-state index in [9.17, 15) is 14.4 Å². The number of anilines is 2. The summed E-state index contributed by atoms with van der Waals surface area (Å²) in [4.78, 5) is 65.9. The minimum atomic E-state index is -4.72. The fraction of sp³-hybridized carbons (Fsp3) is 0.377. The number of fused-ring (bicyclic) bond motifs is 2. The fourth-order valence-electron chi connectivity index (χ4n) is 9.95. The summed E-state index contributed by atoms with van der Waals surface area (Å²) in [5.74, 6) is 1.18. The van der Waals surface area contributed by atoms with E-state index in [-0.39, 0.29) is 85.9 Å². The van der Waals surface area contributed by atoms with Gasteiger partial charge in [0.2, 0.25) is 5.95 Å². The highest BCUT2D eigenvalue weighted by Crippen LogP contribution is 2.55. The van der Waals surface area contributed by atoms with Crippen molar-refractivity contribution in [2.45, 2.75) is 94.2 Å². The third kappa shape index (κ3) is 14.0. The number of nitrogens with one attached hydrogen (secondary N) is 2. The maximum absolute atomic E-state index is 15.7. The Morgan fingerprint density at radius 2 is 1.32 bits per heavy atom. The highest BCUT2D eigenvalue weighted by atomic mass is 31.2. The molecule has 25 nitrogen and oxygen atoms in total. The number of hydrogen-bond donors (Lipinski definition) is 2. The van der Waals surface area contributed by atoms with E-state index in [4.69, 9.17) is 56.1 Å². The highest BCUT2D eigenvalue weighted by Gasteiger charge is 2.49. The van der Waals surface area contributed by atoms with E-state index in [1.54, 1.807) is 18.8 Å². The third-order valence-electron chi connectivity index (χ3n) is 15.3. The van der Waals surface area contributed by atoms with Crippen molar-refractivity contribution in [3.05, 3.63) is 176 Å². The van der Waals surface area contributed by atoms with Gasteiger partial charge in [-0.15, -0.1) is 13.2 Å². The van der Waals surface area contributed by atoms with Crippen molar-refractivity contribution in [3.63, 3.8) is 0 Å². The Morgan fingerprint density at radius 1 is 0.739 bits per heavy atom. The normalized spacial score (nSPS) is 19.4. The predicted octanol–water partition coefficient (Wildman–Crippen LogP) is 10.7. The number of amides is 2. The van der Waals surface area contributed by atoms with Crippen LogP contribution < -0.4 is 25.2 Å². The summed E-state index contributed by atoms with van der Waals surface area (Å²) in [6.45, 7) is 24.3. The van der Waals surface area contributed by atoms with Crippen LogP contribution in [-0.2, 0) is 51.8 Å². The number of carbonyl (C=O) groups excluding carboxylic acids is 2. The van der Waals surface area contributed by atoms with Crippen LogP contribution >= 0.6 is 7.82 Å². The van der Waals surface area contributed by atoms with E-state index in [2.05, 4.69) is 90.4 Å². The number of ether oxygens (including phenoxy) is 7. The molecule has 3 aromatic carbocycles. The molecule has 27 heteroatoms. The number of benzene rings is 3. The Bertz CT molecular complexity index is 3660. The van der Waals surface area contributed by atoms with E-state index < -0.39 is 76.4 Å². The Balaban J connectivity index is 1.09. The average Bonchev–Trinajstić information content (AvgIpc) is 1.12. The predicted molar refractivity (Wildman–Crippen MR) is 330 cm³/mol. The van der Waals surface area contributed by atoms with Crippen LogP contribution in [0.25, 0.3) is 22.3 Å². The Hall–Kier alpha value is -8.17. The first-order chi connectivity index (χ1) is 42.3. The number of nitrogens with zero attached hydrogens (tertiary/aromatic N) is 8. The van der Waals surface area contributed by atoms with Gasteiger partial charge in [-0.3, -0.25) is 37.8 Å². The highest BCUT2D eigenvalue weighted by molar-refractivity contribution is 7.48. The van der Waals surface area contributed by atoms with E-state index >= 15 is 4.57 Å². The minimum absolute atomic E-state index is 0.0181. The first kappa shape index (κ1) is 64.3. The zero-order chi connectivity index (χ0) is 62.8. The van der Waals surface area contributed by atoms with Crippen LogP contribution in [0.1, 0.15) is 62.8 Å². The molecular weight excluding hydrogens is 1170 g/mol.